The van der Waals surface area contributed by atoms with E-state index in [1.54, 1.807) is 0 Å². The quantitative estimate of drug-likeness (QED) is 0.409. The Morgan fingerprint density at radius 1 is 0.941 bits per heavy atom. The molecule has 0 aromatic carbocycles. The minimum atomic E-state index is -0.544. The minimum absolute atomic E-state index is 0.0663. The summed E-state index contributed by atoms with van der Waals surface area (Å²) >= 11 is 0. The van der Waals surface area contributed by atoms with Crippen LogP contribution in [0.25, 0.3) is 0 Å². The van der Waals surface area contributed by atoms with Gasteiger partial charge >= 0.3 is 0 Å². The number of hydrogen-bond acceptors (Lipinski definition) is 3. The Balaban J connectivity index is 1.78. The van der Waals surface area contributed by atoms with Crippen molar-refractivity contribution in [1.82, 2.24) is 5.06 Å². The highest BCUT2D eigenvalue weighted by molar-refractivity contribution is 5.84. The molecule has 4 rings (SSSR count). The second-order valence-electron chi connectivity index (χ2n) is 14.6. The molecule has 1 heterocycles. The molecule has 0 spiro atoms. The van der Waals surface area contributed by atoms with E-state index in [9.17, 15) is 15.1 Å². The summed E-state index contributed by atoms with van der Waals surface area (Å²) in [7, 11) is 0. The van der Waals surface area contributed by atoms with Gasteiger partial charge in [0.05, 0.1) is 17.6 Å². The number of amides is 1. The van der Waals surface area contributed by atoms with E-state index in [1.807, 2.05) is 0 Å². The standard InChI is InChI=1S/C30H53NO3/c1-18(2)14-20(5)30(21(6)15-19(3)4)17-29(8)23-11-13-28(7)12-9-10-22(28)26(23)24(32)16-25(29)31(34)27(30)33/h18-26,32,34H,9-17H2,1-8H3/t20?,21?,22-,23+,24?,25?,26-,28-,29+,30?/m0/s1. The lowest BCUT2D eigenvalue weighted by atomic mass is 9.43. The Kier molecular flexibility index (Phi) is 7.04. The molecule has 0 aromatic rings. The predicted octanol–water partition coefficient (Wildman–Crippen LogP) is 6.93. The van der Waals surface area contributed by atoms with Crippen LogP contribution in [-0.4, -0.2) is 33.4 Å². The average molecular weight is 476 g/mol. The number of aliphatic hydroxyl groups excluding tert-OH is 1. The van der Waals surface area contributed by atoms with Crippen molar-refractivity contribution < 1.29 is 15.1 Å². The molecule has 2 N–H and O–H groups in total. The van der Waals surface area contributed by atoms with E-state index in [2.05, 4.69) is 55.4 Å². The largest absolute Gasteiger partial charge is 0.393 e. The summed E-state index contributed by atoms with van der Waals surface area (Å²) in [6.07, 6.45) is 9.12. The van der Waals surface area contributed by atoms with Crippen LogP contribution in [0.3, 0.4) is 0 Å². The topological polar surface area (TPSA) is 60.8 Å². The summed E-state index contributed by atoms with van der Waals surface area (Å²) in [4.78, 5) is 14.2. The van der Waals surface area contributed by atoms with Gasteiger partial charge < -0.3 is 5.11 Å². The molecule has 1 saturated heterocycles. The van der Waals surface area contributed by atoms with Gasteiger partial charge in [0.25, 0.3) is 5.91 Å². The summed E-state index contributed by atoms with van der Waals surface area (Å²) in [6, 6.07) is -0.271. The summed E-state index contributed by atoms with van der Waals surface area (Å²) in [6.45, 7) is 18.4. The highest BCUT2D eigenvalue weighted by Crippen LogP contribution is 2.67. The van der Waals surface area contributed by atoms with E-state index in [1.165, 1.54) is 25.7 Å². The van der Waals surface area contributed by atoms with Gasteiger partial charge in [-0.15, -0.1) is 0 Å². The first-order valence-corrected chi connectivity index (χ1v) is 14.5. The SMILES string of the molecule is CC(C)CC(C)C1(C(C)CC(C)C)C[C@@]2(C)C(CC(O)[C@@H]3[C@H]2CC[C@]2(C)CCC[C@@H]32)N(O)C1=O. The smallest absolute Gasteiger partial charge is 0.252 e. The van der Waals surface area contributed by atoms with Crippen LogP contribution >= 0.6 is 0 Å². The molecule has 9 atom stereocenters. The van der Waals surface area contributed by atoms with Crippen molar-refractivity contribution in [3.63, 3.8) is 0 Å². The molecule has 0 aromatic heterocycles. The Hall–Kier alpha value is -0.610. The highest BCUT2D eigenvalue weighted by atomic mass is 16.5. The van der Waals surface area contributed by atoms with Gasteiger partial charge in [-0.1, -0.05) is 61.8 Å². The molecule has 4 fully saturated rings. The first-order valence-electron chi connectivity index (χ1n) is 14.5. The van der Waals surface area contributed by atoms with Crippen molar-refractivity contribution in [3.05, 3.63) is 0 Å². The van der Waals surface area contributed by atoms with E-state index < -0.39 is 11.5 Å². The molecule has 3 aliphatic carbocycles. The molecule has 0 radical (unpaired) electrons. The lowest BCUT2D eigenvalue weighted by molar-refractivity contribution is -0.265. The molecular weight excluding hydrogens is 422 g/mol. The fourth-order valence-electron chi connectivity index (χ4n) is 10.2. The van der Waals surface area contributed by atoms with Gasteiger partial charge in [0.1, 0.15) is 0 Å². The molecule has 4 unspecified atom stereocenters. The van der Waals surface area contributed by atoms with E-state index in [-0.39, 0.29) is 29.2 Å². The molecule has 1 amide bonds. The van der Waals surface area contributed by atoms with E-state index >= 15 is 0 Å². The van der Waals surface area contributed by atoms with Crippen molar-refractivity contribution >= 4 is 5.91 Å². The zero-order chi connectivity index (χ0) is 25.2. The molecule has 4 heteroatoms. The maximum Gasteiger partial charge on any atom is 0.252 e. The third-order valence-electron chi connectivity index (χ3n) is 11.6. The van der Waals surface area contributed by atoms with Gasteiger partial charge in [-0.05, 0) is 104 Å². The third-order valence-corrected chi connectivity index (χ3v) is 11.6. The molecule has 34 heavy (non-hydrogen) atoms. The molecular formula is C30H53NO3. The van der Waals surface area contributed by atoms with Crippen LogP contribution in [0.4, 0.5) is 0 Å². The number of carbonyl (C=O) groups excluding carboxylic acids is 1. The van der Waals surface area contributed by atoms with Crippen LogP contribution in [-0.2, 0) is 4.79 Å². The third kappa shape index (κ3) is 3.88. The van der Waals surface area contributed by atoms with Crippen LogP contribution in [0.15, 0.2) is 0 Å². The number of carbonyl (C=O) groups is 1. The van der Waals surface area contributed by atoms with Crippen LogP contribution in [0.5, 0.6) is 0 Å². The van der Waals surface area contributed by atoms with Gasteiger partial charge in [0.2, 0.25) is 0 Å². The molecule has 3 saturated carbocycles. The van der Waals surface area contributed by atoms with Crippen molar-refractivity contribution in [1.29, 1.82) is 0 Å². The summed E-state index contributed by atoms with van der Waals surface area (Å²) in [5.74, 6) is 2.65. The zero-order valence-corrected chi connectivity index (χ0v) is 23.3. The number of fused-ring (bicyclic) bond motifs is 5. The predicted molar refractivity (Wildman–Crippen MR) is 137 cm³/mol. The first-order chi connectivity index (χ1) is 15.8. The van der Waals surface area contributed by atoms with Crippen LogP contribution in [0.2, 0.25) is 0 Å². The highest BCUT2D eigenvalue weighted by Gasteiger charge is 2.68. The number of hydrogen-bond donors (Lipinski definition) is 2. The Morgan fingerprint density at radius 3 is 2.09 bits per heavy atom. The molecule has 4 nitrogen and oxygen atoms in total. The van der Waals surface area contributed by atoms with Crippen LogP contribution < -0.4 is 0 Å². The fourth-order valence-corrected chi connectivity index (χ4v) is 10.2. The lowest BCUT2D eigenvalue weighted by Crippen LogP contribution is -2.70. The van der Waals surface area contributed by atoms with Gasteiger partial charge in [0.15, 0.2) is 0 Å². The Bertz CT molecular complexity index is 748. The van der Waals surface area contributed by atoms with Crippen molar-refractivity contribution in [2.75, 3.05) is 0 Å². The number of hydroxylamine groups is 2. The van der Waals surface area contributed by atoms with E-state index in [0.717, 1.165) is 30.7 Å². The van der Waals surface area contributed by atoms with E-state index in [0.29, 0.717) is 41.4 Å². The van der Waals surface area contributed by atoms with Gasteiger partial charge in [-0.3, -0.25) is 10.0 Å². The van der Waals surface area contributed by atoms with Gasteiger partial charge in [-0.2, -0.15) is 0 Å². The average Bonchev–Trinajstić information content (AvgIpc) is 3.13. The Labute approximate surface area is 209 Å². The Morgan fingerprint density at radius 2 is 1.53 bits per heavy atom. The van der Waals surface area contributed by atoms with Gasteiger partial charge in [-0.25, -0.2) is 5.06 Å². The molecule has 4 aliphatic rings. The van der Waals surface area contributed by atoms with Crippen molar-refractivity contribution in [2.24, 2.45) is 57.7 Å². The lowest BCUT2D eigenvalue weighted by Gasteiger charge is -2.66. The van der Waals surface area contributed by atoms with Gasteiger partial charge in [0, 0.05) is 0 Å². The monoisotopic (exact) mass is 475 g/mol. The summed E-state index contributed by atoms with van der Waals surface area (Å²) < 4.78 is 0. The minimum Gasteiger partial charge on any atom is -0.393 e. The van der Waals surface area contributed by atoms with E-state index in [4.69, 9.17) is 0 Å². The van der Waals surface area contributed by atoms with Crippen LogP contribution in [0, 0.1) is 57.7 Å². The second-order valence-corrected chi connectivity index (χ2v) is 14.6. The number of piperidine rings is 1. The maximum absolute atomic E-state index is 14.2. The number of nitrogens with zero attached hydrogens (tertiary/aromatic N) is 1. The van der Waals surface area contributed by atoms with Crippen molar-refractivity contribution in [2.45, 2.75) is 125 Å². The summed E-state index contributed by atoms with van der Waals surface area (Å²) in [5, 5.41) is 24.2. The molecule has 0 bridgehead atoms. The first kappa shape index (κ1) is 26.5. The molecule has 196 valence electrons. The van der Waals surface area contributed by atoms with Crippen LogP contribution in [0.1, 0.15) is 113 Å². The maximum atomic E-state index is 14.2. The fraction of sp³-hybridized carbons (Fsp3) is 0.967. The second kappa shape index (κ2) is 9.05. The number of aliphatic hydroxyl groups is 1. The summed E-state index contributed by atoms with van der Waals surface area (Å²) in [5.41, 5.74) is -0.341. The van der Waals surface area contributed by atoms with Crippen molar-refractivity contribution in [3.8, 4) is 0 Å². The zero-order valence-electron chi connectivity index (χ0n) is 23.3. The molecule has 1 aliphatic heterocycles. The number of rotatable bonds is 6. The normalized spacial score (nSPS) is 46.3.